The van der Waals surface area contributed by atoms with Crippen LogP contribution in [0.5, 0.6) is 5.75 Å². The van der Waals surface area contributed by atoms with Gasteiger partial charge in [-0.3, -0.25) is 19.0 Å². The van der Waals surface area contributed by atoms with Gasteiger partial charge < -0.3 is 28.6 Å². The van der Waals surface area contributed by atoms with E-state index < -0.39 is 18.0 Å². The molecule has 11 heteroatoms. The molecule has 0 radical (unpaired) electrons. The maximum atomic E-state index is 13.4. The van der Waals surface area contributed by atoms with Gasteiger partial charge in [0.25, 0.3) is 0 Å². The number of carbonyl (C=O) groups excluding carboxylic acids is 4. The molecule has 44 heavy (non-hydrogen) atoms. The van der Waals surface area contributed by atoms with Gasteiger partial charge in [-0.2, -0.15) is 0 Å². The number of aromatic nitrogens is 1. The minimum absolute atomic E-state index is 0. The van der Waals surface area contributed by atoms with E-state index in [9.17, 15) is 19.2 Å². The van der Waals surface area contributed by atoms with Gasteiger partial charge in [-0.1, -0.05) is 58.8 Å². The van der Waals surface area contributed by atoms with Crippen molar-refractivity contribution in [3.05, 3.63) is 30.0 Å². The molecule has 1 aromatic heterocycles. The molecular weight excluding hydrogens is 685 g/mol. The van der Waals surface area contributed by atoms with Crippen LogP contribution in [0.2, 0.25) is 0 Å². The number of rotatable bonds is 21. The summed E-state index contributed by atoms with van der Waals surface area (Å²) in [6.45, 7) is 7.06. The zero-order valence-electron chi connectivity index (χ0n) is 27.7. The molecule has 2 rings (SSSR count). The van der Waals surface area contributed by atoms with E-state index in [1.807, 2.05) is 56.9 Å². The Morgan fingerprint density at radius 3 is 2.32 bits per heavy atom. The zero-order chi connectivity index (χ0) is 31.8. The van der Waals surface area contributed by atoms with Crippen LogP contribution in [-0.4, -0.2) is 80.9 Å². The Bertz CT molecular complexity index is 1180. The summed E-state index contributed by atoms with van der Waals surface area (Å²) in [6.07, 6.45) is 9.14. The second kappa shape index (κ2) is 22.2. The number of hydrogen-bond acceptors (Lipinski definition) is 9. The molecule has 1 heterocycles. The Labute approximate surface area is 321 Å². The molecular formula is C33H49CsN2O8. The van der Waals surface area contributed by atoms with Gasteiger partial charge in [-0.05, 0) is 56.6 Å². The minimum Gasteiger partial charge on any atom is -0.650 e. The number of nitrogens with zero attached hydrogens (tertiary/aromatic N) is 2. The molecule has 240 valence electrons. The number of esters is 2. The molecule has 0 aliphatic rings. The average molecular weight is 735 g/mol. The Balaban J connectivity index is 0.00000968. The number of hydrogen-bond donors (Lipinski definition) is 0. The van der Waals surface area contributed by atoms with Gasteiger partial charge in [0.1, 0.15) is 12.4 Å². The molecule has 0 amide bonds. The molecule has 0 fully saturated rings. The number of fused-ring (bicyclic) bond motifs is 1. The molecule has 3 atom stereocenters. The first kappa shape index (κ1) is 40.7. The van der Waals surface area contributed by atoms with E-state index in [0.717, 1.165) is 80.1 Å². The fourth-order valence-electron chi connectivity index (χ4n) is 5.04. The van der Waals surface area contributed by atoms with Crippen molar-refractivity contribution in [3.63, 3.8) is 0 Å². The second-order valence-electron chi connectivity index (χ2n) is 11.7. The molecule has 3 unspecified atom stereocenters. The van der Waals surface area contributed by atoms with Crippen molar-refractivity contribution in [2.45, 2.75) is 84.7 Å². The van der Waals surface area contributed by atoms with Crippen molar-refractivity contribution in [1.29, 1.82) is 0 Å². The molecule has 10 nitrogen and oxygen atoms in total. The summed E-state index contributed by atoms with van der Waals surface area (Å²) in [5, 5.41) is 1.07. The van der Waals surface area contributed by atoms with Crippen LogP contribution < -0.4 is 73.6 Å². The van der Waals surface area contributed by atoms with E-state index in [1.165, 1.54) is 13.4 Å². The largest absolute Gasteiger partial charge is 1.00 e. The van der Waals surface area contributed by atoms with Gasteiger partial charge in [0, 0.05) is 37.4 Å². The molecule has 1 aromatic carbocycles. The zero-order valence-corrected chi connectivity index (χ0v) is 34.0. The summed E-state index contributed by atoms with van der Waals surface area (Å²) < 4.78 is 22.0. The van der Waals surface area contributed by atoms with Crippen molar-refractivity contribution >= 4 is 35.2 Å². The SMILES string of the molecule is COc1ccc2c(c1)c(CCN(C)C)cn2C(=O)C(C)CCCCCCCC(C)CC(=O)OC(CO[C-]=O)COC(C)=O.[Cs+]. The Morgan fingerprint density at radius 1 is 1.00 bits per heavy atom. The molecule has 0 bridgehead atoms. The van der Waals surface area contributed by atoms with Gasteiger partial charge in [-0.15, -0.1) is 0 Å². The van der Waals surface area contributed by atoms with Crippen LogP contribution in [0.15, 0.2) is 24.4 Å². The van der Waals surface area contributed by atoms with E-state index in [2.05, 4.69) is 9.64 Å². The molecule has 0 saturated heterocycles. The molecule has 0 N–H and O–H groups in total. The Kier molecular flexibility index (Phi) is 20.5. The van der Waals surface area contributed by atoms with Crippen LogP contribution in [-0.2, 0) is 35.0 Å². The minimum atomic E-state index is -0.843. The second-order valence-corrected chi connectivity index (χ2v) is 11.7. The van der Waals surface area contributed by atoms with E-state index in [0.29, 0.717) is 0 Å². The third kappa shape index (κ3) is 14.8. The van der Waals surface area contributed by atoms with Gasteiger partial charge in [0.05, 0.1) is 19.2 Å². The Hall–Kier alpha value is -1.35. The number of carbonyl (C=O) groups is 3. The predicted molar refractivity (Wildman–Crippen MR) is 165 cm³/mol. The summed E-state index contributed by atoms with van der Waals surface area (Å²) in [5.74, 6) is 0.0412. The van der Waals surface area contributed by atoms with E-state index in [4.69, 9.17) is 14.2 Å². The van der Waals surface area contributed by atoms with Gasteiger partial charge in [-0.25, -0.2) is 0 Å². The first-order valence-electron chi connectivity index (χ1n) is 15.2. The van der Waals surface area contributed by atoms with E-state index in [1.54, 1.807) is 7.11 Å². The smallest absolute Gasteiger partial charge is 0.650 e. The number of likely N-dealkylation sites (N-methyl/N-ethyl adjacent to an activating group) is 1. The number of ether oxygens (including phenoxy) is 4. The molecule has 0 spiro atoms. The van der Waals surface area contributed by atoms with Crippen molar-refractivity contribution in [1.82, 2.24) is 9.47 Å². The fourth-order valence-corrected chi connectivity index (χ4v) is 5.04. The Morgan fingerprint density at radius 2 is 1.68 bits per heavy atom. The molecule has 0 saturated carbocycles. The summed E-state index contributed by atoms with van der Waals surface area (Å²) in [5.41, 5.74) is 2.08. The third-order valence-electron chi connectivity index (χ3n) is 7.53. The van der Waals surface area contributed by atoms with Crippen LogP contribution in [0.3, 0.4) is 0 Å². The van der Waals surface area contributed by atoms with Crippen molar-refractivity contribution in [3.8, 4) is 5.75 Å². The van der Waals surface area contributed by atoms with E-state index >= 15 is 0 Å². The molecule has 2 aromatic rings. The maximum absolute atomic E-state index is 13.4. The van der Waals surface area contributed by atoms with Crippen LogP contribution in [0, 0.1) is 11.8 Å². The third-order valence-corrected chi connectivity index (χ3v) is 7.53. The fraction of sp³-hybridized carbons (Fsp3) is 0.636. The predicted octanol–water partition coefficient (Wildman–Crippen LogP) is 2.35. The van der Waals surface area contributed by atoms with Gasteiger partial charge in [0.15, 0.2) is 6.10 Å². The first-order valence-corrected chi connectivity index (χ1v) is 15.2. The van der Waals surface area contributed by atoms with Gasteiger partial charge >= 0.3 is 80.8 Å². The molecule has 0 aliphatic heterocycles. The summed E-state index contributed by atoms with van der Waals surface area (Å²) in [4.78, 5) is 49.2. The van der Waals surface area contributed by atoms with Crippen molar-refractivity contribution in [2.24, 2.45) is 11.8 Å². The van der Waals surface area contributed by atoms with Gasteiger partial charge in [0.2, 0.25) is 5.91 Å². The van der Waals surface area contributed by atoms with Crippen LogP contribution in [0.25, 0.3) is 10.9 Å². The first-order chi connectivity index (χ1) is 20.5. The van der Waals surface area contributed by atoms with Crippen molar-refractivity contribution in [2.75, 3.05) is 41.0 Å². The van der Waals surface area contributed by atoms with Crippen LogP contribution in [0.4, 0.5) is 0 Å². The summed E-state index contributed by atoms with van der Waals surface area (Å²) in [6, 6.07) is 5.90. The van der Waals surface area contributed by atoms with Crippen LogP contribution >= 0.6 is 0 Å². The molecule has 0 aliphatic carbocycles. The number of unbranched alkanes of at least 4 members (excludes halogenated alkanes) is 4. The van der Waals surface area contributed by atoms with E-state index in [-0.39, 0.29) is 106 Å². The quantitative estimate of drug-likeness (QED) is 0.0826. The normalized spacial score (nSPS) is 13.1. The standard InChI is InChI=1S/C33H49N2O8.Cs/c1-24(18-32(38)43-29(21-41-23-36)22-42-26(3)37)12-10-8-7-9-11-13-25(2)33(39)35-20-27(16-17-34(4)5)30-19-28(40-6)14-15-31(30)35;/h14-15,19-20,24-25,29H,7-13,16-18,21-22H2,1-6H3;/q-1;+1. The maximum Gasteiger partial charge on any atom is 1.00 e. The average Bonchev–Trinajstić information content (AvgIpc) is 3.33. The van der Waals surface area contributed by atoms with Crippen LogP contribution in [0.1, 0.15) is 82.5 Å². The summed E-state index contributed by atoms with van der Waals surface area (Å²) >= 11 is 0. The topological polar surface area (TPSA) is 113 Å². The number of methoxy groups -OCH3 is 1. The van der Waals surface area contributed by atoms with Crippen molar-refractivity contribution < 1.29 is 107 Å². The number of benzene rings is 1. The monoisotopic (exact) mass is 734 g/mol. The summed E-state index contributed by atoms with van der Waals surface area (Å²) in [7, 11) is 5.75.